The fourth-order valence-corrected chi connectivity index (χ4v) is 6.54. The molecule has 0 amide bonds. The van der Waals surface area contributed by atoms with E-state index in [2.05, 4.69) is 0 Å². The molecule has 3 heterocycles. The summed E-state index contributed by atoms with van der Waals surface area (Å²) in [6.07, 6.45) is 1.71. The predicted octanol–water partition coefficient (Wildman–Crippen LogP) is 3.49. The van der Waals surface area contributed by atoms with Gasteiger partial charge in [-0.2, -0.15) is 0 Å². The molecule has 0 radical (unpaired) electrons. The molecule has 0 spiro atoms. The standard InChI is InChI=1S/C31H53NO8/c1-10-21-14-17(3)23(33)12-13-31(7)29(40-31)20(6)25(11-2)38-26(35)16-24(34)19(5)28(21)39-30-27(36)22(32(8)9)15-18(4)37-30/h12-13,17-22,24-25,27-30,34,36H,10-11,14-16H2,1-9H3/b13-12-/t17-,18+,19+,20+,21+,22+,24+,25+,27+,28-,29-,30+,31+/m1/s1. The summed E-state index contributed by atoms with van der Waals surface area (Å²) in [6, 6.07) is -0.149. The molecule has 3 aliphatic rings. The molecule has 0 saturated carbocycles. The lowest BCUT2D eigenvalue weighted by atomic mass is 9.79. The molecule has 2 saturated heterocycles. The smallest absolute Gasteiger partial charge is 0.308 e. The highest BCUT2D eigenvalue weighted by atomic mass is 16.7. The van der Waals surface area contributed by atoms with Crippen LogP contribution in [0.4, 0.5) is 0 Å². The number of hydrogen-bond donors (Lipinski definition) is 2. The second-order valence-electron chi connectivity index (χ2n) is 12.9. The topological polar surface area (TPSA) is 118 Å². The first-order chi connectivity index (χ1) is 18.7. The predicted molar refractivity (Wildman–Crippen MR) is 151 cm³/mol. The van der Waals surface area contributed by atoms with Gasteiger partial charge in [-0.25, -0.2) is 0 Å². The van der Waals surface area contributed by atoms with Crippen molar-refractivity contribution in [3.63, 3.8) is 0 Å². The summed E-state index contributed by atoms with van der Waals surface area (Å²) in [5.41, 5.74) is -0.580. The van der Waals surface area contributed by atoms with Crippen molar-refractivity contribution in [1.82, 2.24) is 4.90 Å². The Morgan fingerprint density at radius 3 is 2.33 bits per heavy atom. The Hall–Kier alpha value is -1.36. The third-order valence-corrected chi connectivity index (χ3v) is 9.42. The van der Waals surface area contributed by atoms with Crippen molar-refractivity contribution in [2.45, 2.75) is 135 Å². The zero-order valence-electron chi connectivity index (χ0n) is 25.9. The van der Waals surface area contributed by atoms with Crippen molar-refractivity contribution in [2.24, 2.45) is 23.7 Å². The summed E-state index contributed by atoms with van der Waals surface area (Å²) in [7, 11) is 3.84. The number of carbonyl (C=O) groups excluding carboxylic acids is 2. The van der Waals surface area contributed by atoms with Gasteiger partial charge in [-0.15, -0.1) is 0 Å². The third-order valence-electron chi connectivity index (χ3n) is 9.42. The molecule has 9 nitrogen and oxygen atoms in total. The number of likely N-dealkylation sites (N-methyl/N-ethyl adjacent to an activating group) is 1. The molecule has 0 bridgehead atoms. The van der Waals surface area contributed by atoms with Crippen LogP contribution in [0.3, 0.4) is 0 Å². The monoisotopic (exact) mass is 567 g/mol. The minimum absolute atomic E-state index is 0.00865. The Labute approximate surface area is 240 Å². The molecule has 0 aliphatic carbocycles. The minimum atomic E-state index is -1.04. The zero-order valence-corrected chi connectivity index (χ0v) is 25.9. The third kappa shape index (κ3) is 7.72. The van der Waals surface area contributed by atoms with Crippen LogP contribution in [0.5, 0.6) is 0 Å². The van der Waals surface area contributed by atoms with Gasteiger partial charge in [0, 0.05) is 23.8 Å². The number of ketones is 1. The van der Waals surface area contributed by atoms with Crippen LogP contribution >= 0.6 is 0 Å². The molecule has 0 aromatic heterocycles. The first kappa shape index (κ1) is 33.1. The molecule has 9 heteroatoms. The Bertz CT molecular complexity index is 895. The second kappa shape index (κ2) is 13.7. The number of hydrogen-bond acceptors (Lipinski definition) is 9. The van der Waals surface area contributed by atoms with E-state index in [1.807, 2.05) is 73.5 Å². The largest absolute Gasteiger partial charge is 0.462 e. The lowest BCUT2D eigenvalue weighted by Crippen LogP contribution is -2.56. The summed E-state index contributed by atoms with van der Waals surface area (Å²) >= 11 is 0. The van der Waals surface area contributed by atoms with E-state index in [-0.39, 0.29) is 54.3 Å². The number of aliphatic hydroxyl groups is 2. The summed E-state index contributed by atoms with van der Waals surface area (Å²) in [4.78, 5) is 28.2. The van der Waals surface area contributed by atoms with Crippen LogP contribution in [0.25, 0.3) is 0 Å². The second-order valence-corrected chi connectivity index (χ2v) is 12.9. The highest BCUT2D eigenvalue weighted by molar-refractivity contribution is 5.91. The Morgan fingerprint density at radius 2 is 1.73 bits per heavy atom. The van der Waals surface area contributed by atoms with Crippen LogP contribution in [-0.4, -0.2) is 95.5 Å². The fraction of sp³-hybridized carbons (Fsp3) is 0.871. The van der Waals surface area contributed by atoms with Crippen LogP contribution in [0.15, 0.2) is 12.2 Å². The number of rotatable bonds is 5. The lowest BCUT2D eigenvalue weighted by Gasteiger charge is -2.44. The average molecular weight is 568 g/mol. The summed E-state index contributed by atoms with van der Waals surface area (Å²) < 4.78 is 24.4. The van der Waals surface area contributed by atoms with Crippen LogP contribution in [0, 0.1) is 23.7 Å². The number of epoxide rings is 1. The van der Waals surface area contributed by atoms with E-state index < -0.39 is 42.1 Å². The van der Waals surface area contributed by atoms with E-state index in [9.17, 15) is 19.8 Å². The minimum Gasteiger partial charge on any atom is -0.462 e. The number of ether oxygens (including phenoxy) is 4. The number of cyclic esters (lactones) is 1. The Kier molecular flexibility index (Phi) is 11.4. The van der Waals surface area contributed by atoms with E-state index in [4.69, 9.17) is 18.9 Å². The summed E-state index contributed by atoms with van der Waals surface area (Å²) in [5.74, 6) is -1.43. The number of carbonyl (C=O) groups is 2. The van der Waals surface area contributed by atoms with E-state index in [0.717, 1.165) is 0 Å². The number of esters is 1. The van der Waals surface area contributed by atoms with Gasteiger partial charge < -0.3 is 34.1 Å². The van der Waals surface area contributed by atoms with Gasteiger partial charge in [0.15, 0.2) is 12.1 Å². The normalized spacial score (nSPS) is 46.5. The molecule has 0 aromatic rings. The number of allylic oxidation sites excluding steroid dienone is 1. The molecule has 2 fully saturated rings. The zero-order chi connectivity index (χ0) is 29.9. The molecule has 0 aromatic carbocycles. The Balaban J connectivity index is 1.92. The van der Waals surface area contributed by atoms with Crippen molar-refractivity contribution < 1.29 is 38.7 Å². The van der Waals surface area contributed by atoms with Crippen molar-refractivity contribution in [1.29, 1.82) is 0 Å². The lowest BCUT2D eigenvalue weighted by molar-refractivity contribution is -0.283. The molecule has 3 aliphatic heterocycles. The van der Waals surface area contributed by atoms with E-state index in [0.29, 0.717) is 25.7 Å². The number of fused-ring (bicyclic) bond motifs is 1. The Morgan fingerprint density at radius 1 is 1.05 bits per heavy atom. The van der Waals surface area contributed by atoms with Gasteiger partial charge in [0.2, 0.25) is 0 Å². The van der Waals surface area contributed by atoms with Crippen molar-refractivity contribution in [2.75, 3.05) is 14.1 Å². The van der Waals surface area contributed by atoms with Crippen LogP contribution < -0.4 is 0 Å². The molecule has 13 atom stereocenters. The molecular weight excluding hydrogens is 514 g/mol. The van der Waals surface area contributed by atoms with Crippen molar-refractivity contribution in [3.05, 3.63) is 12.2 Å². The van der Waals surface area contributed by atoms with Gasteiger partial charge in [0.1, 0.15) is 17.8 Å². The maximum absolute atomic E-state index is 13.2. The van der Waals surface area contributed by atoms with Gasteiger partial charge in [-0.05, 0) is 65.3 Å². The van der Waals surface area contributed by atoms with E-state index in [1.54, 1.807) is 6.08 Å². The number of aliphatic hydroxyl groups excluding tert-OH is 2. The van der Waals surface area contributed by atoms with Crippen molar-refractivity contribution >= 4 is 11.8 Å². The molecule has 0 unspecified atom stereocenters. The maximum Gasteiger partial charge on any atom is 0.308 e. The summed E-state index contributed by atoms with van der Waals surface area (Å²) in [6.45, 7) is 13.6. The quantitative estimate of drug-likeness (QED) is 0.380. The van der Waals surface area contributed by atoms with E-state index in [1.165, 1.54) is 0 Å². The first-order valence-corrected chi connectivity index (χ1v) is 15.2. The van der Waals surface area contributed by atoms with Crippen LogP contribution in [0.1, 0.15) is 80.6 Å². The fourth-order valence-electron chi connectivity index (χ4n) is 6.54. The molecule has 230 valence electrons. The highest BCUT2D eigenvalue weighted by Crippen LogP contribution is 2.45. The van der Waals surface area contributed by atoms with Gasteiger partial charge in [0.05, 0.1) is 30.8 Å². The SMILES string of the molecule is CC[C@H]1C[C@@H](C)C(=O)/C=C\[C@]2(C)O[C@@H]2[C@@H](C)[C@H](CC)OC(=O)C[C@H](O)[C@H](C)[C@H]1O[C@@H]1O[C@@H](C)C[C@H](N(C)C)[C@@H]1O. The molecule has 2 N–H and O–H groups in total. The molecular formula is C31H53NO8. The van der Waals surface area contributed by atoms with E-state index >= 15 is 0 Å². The summed E-state index contributed by atoms with van der Waals surface area (Å²) in [5, 5.41) is 22.4. The van der Waals surface area contributed by atoms with Crippen molar-refractivity contribution in [3.8, 4) is 0 Å². The van der Waals surface area contributed by atoms with Crippen LogP contribution in [0.2, 0.25) is 0 Å². The maximum atomic E-state index is 13.2. The van der Waals surface area contributed by atoms with Gasteiger partial charge in [-0.3, -0.25) is 9.59 Å². The van der Waals surface area contributed by atoms with Gasteiger partial charge in [0.25, 0.3) is 0 Å². The molecule has 40 heavy (non-hydrogen) atoms. The van der Waals surface area contributed by atoms with Gasteiger partial charge in [-0.1, -0.05) is 41.0 Å². The molecule has 3 rings (SSSR count). The highest BCUT2D eigenvalue weighted by Gasteiger charge is 2.55. The average Bonchev–Trinajstić information content (AvgIpc) is 3.58. The first-order valence-electron chi connectivity index (χ1n) is 15.2. The van der Waals surface area contributed by atoms with Crippen LogP contribution in [-0.2, 0) is 28.5 Å². The van der Waals surface area contributed by atoms with Gasteiger partial charge >= 0.3 is 5.97 Å². The number of nitrogens with zero attached hydrogens (tertiary/aromatic N) is 1.